The molecule has 1 fully saturated rings. The number of benzene rings is 1. The van der Waals surface area contributed by atoms with Crippen LogP contribution in [-0.2, 0) is 20.6 Å². The number of thioether (sulfide) groups is 1. The Balaban J connectivity index is 1.54. The fourth-order valence-electron chi connectivity index (χ4n) is 3.04. The standard InChI is InChI=1S/C18H22Cl2N4O3S3/c1-11(2)28-18-23-22-17(29-18)21-16(25)12-5-7-24(8-6-12)30(26,27)10-13-3-4-14(19)9-15(13)20/h3-4,9,11-12H,5-8,10H2,1-2H3,(H,21,22,25). The number of anilines is 1. The molecule has 12 heteroatoms. The molecule has 1 amide bonds. The van der Waals surface area contributed by atoms with Crippen molar-refractivity contribution in [2.75, 3.05) is 18.4 Å². The van der Waals surface area contributed by atoms with E-state index in [9.17, 15) is 13.2 Å². The summed E-state index contributed by atoms with van der Waals surface area (Å²) in [7, 11) is -3.54. The zero-order valence-corrected chi connectivity index (χ0v) is 20.4. The molecule has 7 nitrogen and oxygen atoms in total. The van der Waals surface area contributed by atoms with Gasteiger partial charge in [0.25, 0.3) is 0 Å². The summed E-state index contributed by atoms with van der Waals surface area (Å²) in [5, 5.41) is 12.5. The van der Waals surface area contributed by atoms with Gasteiger partial charge in [-0.15, -0.1) is 10.2 Å². The van der Waals surface area contributed by atoms with Gasteiger partial charge in [0.05, 0.1) is 5.75 Å². The number of hydrogen-bond donors (Lipinski definition) is 1. The van der Waals surface area contributed by atoms with Gasteiger partial charge in [-0.3, -0.25) is 4.79 Å². The average Bonchev–Trinajstić information content (AvgIpc) is 3.10. The summed E-state index contributed by atoms with van der Waals surface area (Å²) in [6, 6.07) is 4.77. The van der Waals surface area contributed by atoms with Gasteiger partial charge >= 0.3 is 0 Å². The van der Waals surface area contributed by atoms with E-state index in [4.69, 9.17) is 23.2 Å². The van der Waals surface area contributed by atoms with E-state index in [0.29, 0.717) is 38.8 Å². The Morgan fingerprint density at radius 2 is 2.00 bits per heavy atom. The molecule has 0 atom stereocenters. The molecule has 2 heterocycles. The van der Waals surface area contributed by atoms with Crippen molar-refractivity contribution in [2.45, 2.75) is 42.0 Å². The SMILES string of the molecule is CC(C)Sc1nnc(NC(=O)C2CCN(S(=O)(=O)Cc3ccc(Cl)cc3Cl)CC2)s1. The van der Waals surface area contributed by atoms with Crippen LogP contribution in [0.5, 0.6) is 0 Å². The second-order valence-corrected chi connectivity index (χ2v) is 12.8. The second kappa shape index (κ2) is 10.1. The van der Waals surface area contributed by atoms with Gasteiger partial charge in [0.2, 0.25) is 21.1 Å². The van der Waals surface area contributed by atoms with E-state index in [1.807, 2.05) is 0 Å². The molecule has 1 aliphatic heterocycles. The van der Waals surface area contributed by atoms with Gasteiger partial charge in [0.15, 0.2) is 4.34 Å². The maximum Gasteiger partial charge on any atom is 0.229 e. The Hall–Kier alpha value is -0.910. The number of nitrogens with zero attached hydrogens (tertiary/aromatic N) is 3. The van der Waals surface area contributed by atoms with E-state index in [1.165, 1.54) is 21.7 Å². The van der Waals surface area contributed by atoms with Gasteiger partial charge in [-0.25, -0.2) is 12.7 Å². The van der Waals surface area contributed by atoms with Crippen LogP contribution >= 0.6 is 46.3 Å². The summed E-state index contributed by atoms with van der Waals surface area (Å²) in [5.41, 5.74) is 0.507. The molecule has 0 aliphatic carbocycles. The number of sulfonamides is 1. The molecule has 1 aliphatic rings. The molecule has 1 N–H and O–H groups in total. The lowest BCUT2D eigenvalue weighted by molar-refractivity contribution is -0.120. The topological polar surface area (TPSA) is 92.3 Å². The first-order valence-electron chi connectivity index (χ1n) is 9.37. The van der Waals surface area contributed by atoms with Gasteiger partial charge in [0.1, 0.15) is 0 Å². The Labute approximate surface area is 194 Å². The van der Waals surface area contributed by atoms with Crippen molar-refractivity contribution in [1.82, 2.24) is 14.5 Å². The fourth-order valence-corrected chi connectivity index (χ4v) is 7.17. The molecule has 2 aromatic rings. The highest BCUT2D eigenvalue weighted by molar-refractivity contribution is 8.01. The number of carbonyl (C=O) groups excluding carboxylic acids is 1. The molecule has 0 radical (unpaired) electrons. The van der Waals surface area contributed by atoms with Crippen molar-refractivity contribution in [2.24, 2.45) is 5.92 Å². The summed E-state index contributed by atoms with van der Waals surface area (Å²) < 4.78 is 27.8. The van der Waals surface area contributed by atoms with Crippen molar-refractivity contribution in [3.63, 3.8) is 0 Å². The number of piperidine rings is 1. The molecule has 0 saturated carbocycles. The number of aromatic nitrogens is 2. The molecule has 1 aromatic heterocycles. The predicted octanol–water partition coefficient (Wildman–Crippen LogP) is 4.53. The molecule has 30 heavy (non-hydrogen) atoms. The van der Waals surface area contributed by atoms with Crippen LogP contribution < -0.4 is 5.32 Å². The van der Waals surface area contributed by atoms with E-state index in [1.54, 1.807) is 23.9 Å². The third kappa shape index (κ3) is 6.30. The van der Waals surface area contributed by atoms with Crippen LogP contribution in [0, 0.1) is 5.92 Å². The Morgan fingerprint density at radius 3 is 2.63 bits per heavy atom. The largest absolute Gasteiger partial charge is 0.300 e. The zero-order valence-electron chi connectivity index (χ0n) is 16.5. The molecule has 1 saturated heterocycles. The fraction of sp³-hybridized carbons (Fsp3) is 0.500. The first-order valence-corrected chi connectivity index (χ1v) is 13.4. The van der Waals surface area contributed by atoms with Gasteiger partial charge in [-0.05, 0) is 30.5 Å². The van der Waals surface area contributed by atoms with E-state index >= 15 is 0 Å². The smallest absolute Gasteiger partial charge is 0.229 e. The number of rotatable bonds is 7. The van der Waals surface area contributed by atoms with E-state index in [-0.39, 0.29) is 30.7 Å². The lowest BCUT2D eigenvalue weighted by Crippen LogP contribution is -2.41. The molecular weight excluding hydrogens is 487 g/mol. The summed E-state index contributed by atoms with van der Waals surface area (Å²) in [4.78, 5) is 12.5. The monoisotopic (exact) mass is 508 g/mol. The van der Waals surface area contributed by atoms with Crippen LogP contribution in [0.2, 0.25) is 10.0 Å². The quantitative estimate of drug-likeness (QED) is 0.436. The van der Waals surface area contributed by atoms with Crippen LogP contribution in [0.4, 0.5) is 5.13 Å². The van der Waals surface area contributed by atoms with Crippen molar-refractivity contribution in [3.05, 3.63) is 33.8 Å². The minimum atomic E-state index is -3.54. The highest BCUT2D eigenvalue weighted by Crippen LogP contribution is 2.30. The van der Waals surface area contributed by atoms with Gasteiger partial charge in [-0.2, -0.15) is 0 Å². The first kappa shape index (κ1) is 23.7. The van der Waals surface area contributed by atoms with Crippen LogP contribution in [0.25, 0.3) is 0 Å². The average molecular weight is 510 g/mol. The molecule has 1 aromatic carbocycles. The molecule has 0 unspecified atom stereocenters. The Morgan fingerprint density at radius 1 is 1.30 bits per heavy atom. The minimum absolute atomic E-state index is 0.148. The number of nitrogens with one attached hydrogen (secondary N) is 1. The Kier molecular flexibility index (Phi) is 8.03. The van der Waals surface area contributed by atoms with Crippen LogP contribution in [-0.4, -0.2) is 47.2 Å². The van der Waals surface area contributed by atoms with Gasteiger partial charge in [-0.1, -0.05) is 66.2 Å². The predicted molar refractivity (Wildman–Crippen MR) is 123 cm³/mol. The first-order chi connectivity index (χ1) is 14.1. The lowest BCUT2D eigenvalue weighted by Gasteiger charge is -2.30. The van der Waals surface area contributed by atoms with Crippen LogP contribution in [0.1, 0.15) is 32.3 Å². The van der Waals surface area contributed by atoms with Crippen molar-refractivity contribution < 1.29 is 13.2 Å². The third-order valence-corrected chi connectivity index (χ3v) is 8.89. The zero-order chi connectivity index (χ0) is 21.9. The highest BCUT2D eigenvalue weighted by atomic mass is 35.5. The number of halogens is 2. The molecule has 3 rings (SSSR count). The van der Waals surface area contributed by atoms with Gasteiger partial charge in [0, 0.05) is 34.3 Å². The number of amides is 1. The number of hydrogen-bond acceptors (Lipinski definition) is 7. The minimum Gasteiger partial charge on any atom is -0.300 e. The second-order valence-electron chi connectivity index (χ2n) is 7.19. The summed E-state index contributed by atoms with van der Waals surface area (Å²) in [6.45, 7) is 4.70. The van der Waals surface area contributed by atoms with Crippen molar-refractivity contribution in [1.29, 1.82) is 0 Å². The maximum absolute atomic E-state index is 12.8. The lowest BCUT2D eigenvalue weighted by atomic mass is 9.97. The summed E-state index contributed by atoms with van der Waals surface area (Å²) >= 11 is 14.9. The highest BCUT2D eigenvalue weighted by Gasteiger charge is 2.32. The maximum atomic E-state index is 12.8. The van der Waals surface area contributed by atoms with Crippen molar-refractivity contribution >= 4 is 67.4 Å². The van der Waals surface area contributed by atoms with Crippen molar-refractivity contribution in [3.8, 4) is 0 Å². The third-order valence-electron chi connectivity index (χ3n) is 4.54. The molecular formula is C18H22Cl2N4O3S3. The Bertz CT molecular complexity index is 1010. The summed E-state index contributed by atoms with van der Waals surface area (Å²) in [5.74, 6) is -0.605. The summed E-state index contributed by atoms with van der Waals surface area (Å²) in [6.07, 6.45) is 0.900. The van der Waals surface area contributed by atoms with E-state index in [0.717, 1.165) is 4.34 Å². The molecule has 0 bridgehead atoms. The molecule has 0 spiro atoms. The van der Waals surface area contributed by atoms with E-state index < -0.39 is 10.0 Å². The van der Waals surface area contributed by atoms with E-state index in [2.05, 4.69) is 29.4 Å². The molecule has 164 valence electrons. The normalized spacial score (nSPS) is 16.2. The number of carbonyl (C=O) groups is 1. The van der Waals surface area contributed by atoms with Crippen LogP contribution in [0.15, 0.2) is 22.5 Å². The van der Waals surface area contributed by atoms with Gasteiger partial charge < -0.3 is 5.32 Å². The van der Waals surface area contributed by atoms with Crippen LogP contribution in [0.3, 0.4) is 0 Å².